The van der Waals surface area contributed by atoms with Crippen LogP contribution in [0.3, 0.4) is 0 Å². The van der Waals surface area contributed by atoms with Gasteiger partial charge in [-0.25, -0.2) is 9.97 Å². The third kappa shape index (κ3) is 1.14. The zero-order valence-electron chi connectivity index (χ0n) is 6.36. The van der Waals surface area contributed by atoms with E-state index in [0.717, 1.165) is 11.4 Å². The zero-order valence-corrected chi connectivity index (χ0v) is 6.36. The monoisotopic (exact) mass is 160 g/mol. The lowest BCUT2D eigenvalue weighted by Gasteiger charge is -1.96. The van der Waals surface area contributed by atoms with Gasteiger partial charge >= 0.3 is 0 Å². The van der Waals surface area contributed by atoms with Crippen molar-refractivity contribution in [1.29, 1.82) is 0 Å². The highest BCUT2D eigenvalue weighted by atomic mass is 14.9. The fourth-order valence-corrected chi connectivity index (χ4v) is 1.02. The van der Waals surface area contributed by atoms with Gasteiger partial charge in [0.1, 0.15) is 11.6 Å². The van der Waals surface area contributed by atoms with Crippen molar-refractivity contribution >= 4 is 5.82 Å². The van der Waals surface area contributed by atoms with Crippen LogP contribution < -0.4 is 5.73 Å². The van der Waals surface area contributed by atoms with E-state index in [0.29, 0.717) is 5.82 Å². The Balaban J connectivity index is 2.48. The number of aromatic amines is 1. The second-order valence-electron chi connectivity index (χ2n) is 2.41. The molecule has 0 atom stereocenters. The molecule has 4 heteroatoms. The summed E-state index contributed by atoms with van der Waals surface area (Å²) in [4.78, 5) is 11.0. The first-order valence-corrected chi connectivity index (χ1v) is 3.57. The van der Waals surface area contributed by atoms with E-state index in [1.807, 2.05) is 6.07 Å². The van der Waals surface area contributed by atoms with Crippen molar-refractivity contribution < 1.29 is 0 Å². The molecule has 0 fully saturated rings. The largest absolute Gasteiger partial charge is 0.384 e. The molecule has 12 heavy (non-hydrogen) atoms. The summed E-state index contributed by atoms with van der Waals surface area (Å²) in [5.41, 5.74) is 6.46. The molecular formula is C8H8N4. The summed E-state index contributed by atoms with van der Waals surface area (Å²) < 4.78 is 0. The molecule has 2 heterocycles. The Morgan fingerprint density at radius 1 is 1.25 bits per heavy atom. The van der Waals surface area contributed by atoms with Crippen LogP contribution in [0.2, 0.25) is 0 Å². The zero-order chi connectivity index (χ0) is 8.39. The molecule has 0 saturated heterocycles. The van der Waals surface area contributed by atoms with Crippen molar-refractivity contribution in [3.05, 3.63) is 30.7 Å². The van der Waals surface area contributed by atoms with E-state index >= 15 is 0 Å². The molecular weight excluding hydrogens is 152 g/mol. The molecule has 2 aromatic rings. The fourth-order valence-electron chi connectivity index (χ4n) is 1.02. The van der Waals surface area contributed by atoms with Crippen molar-refractivity contribution in [2.75, 3.05) is 5.73 Å². The van der Waals surface area contributed by atoms with Crippen LogP contribution in [0.1, 0.15) is 0 Å². The molecule has 0 aliphatic rings. The summed E-state index contributed by atoms with van der Waals surface area (Å²) in [7, 11) is 0. The van der Waals surface area contributed by atoms with Crippen molar-refractivity contribution in [2.24, 2.45) is 0 Å². The fraction of sp³-hybridized carbons (Fsp3) is 0. The highest BCUT2D eigenvalue weighted by Gasteiger charge is 1.98. The Hall–Kier alpha value is -1.84. The van der Waals surface area contributed by atoms with Crippen LogP contribution >= 0.6 is 0 Å². The quantitative estimate of drug-likeness (QED) is 0.655. The number of hydrogen-bond acceptors (Lipinski definition) is 3. The Bertz CT molecular complexity index is 366. The van der Waals surface area contributed by atoms with Gasteiger partial charge in [0, 0.05) is 24.2 Å². The van der Waals surface area contributed by atoms with E-state index in [4.69, 9.17) is 5.73 Å². The van der Waals surface area contributed by atoms with Gasteiger partial charge in [-0.3, -0.25) is 0 Å². The highest BCUT2D eigenvalue weighted by Crippen LogP contribution is 2.14. The number of nitrogen functional groups attached to an aromatic ring is 1. The normalized spacial score (nSPS) is 10.0. The second kappa shape index (κ2) is 2.65. The summed E-state index contributed by atoms with van der Waals surface area (Å²) in [5, 5.41) is 0. The maximum atomic E-state index is 5.51. The number of aromatic nitrogens is 3. The van der Waals surface area contributed by atoms with Crippen molar-refractivity contribution in [1.82, 2.24) is 15.0 Å². The lowest BCUT2D eigenvalue weighted by molar-refractivity contribution is 1.28. The van der Waals surface area contributed by atoms with E-state index in [-0.39, 0.29) is 0 Å². The molecule has 60 valence electrons. The first kappa shape index (κ1) is 6.84. The van der Waals surface area contributed by atoms with Crippen LogP contribution in [-0.4, -0.2) is 15.0 Å². The Labute approximate surface area is 69.5 Å². The van der Waals surface area contributed by atoms with Gasteiger partial charge < -0.3 is 10.7 Å². The molecule has 0 aliphatic carbocycles. The number of pyridine rings is 1. The van der Waals surface area contributed by atoms with Crippen molar-refractivity contribution in [2.45, 2.75) is 0 Å². The Morgan fingerprint density at radius 3 is 2.83 bits per heavy atom. The highest BCUT2D eigenvalue weighted by molar-refractivity contribution is 5.57. The topological polar surface area (TPSA) is 67.6 Å². The molecule has 4 nitrogen and oxygen atoms in total. The molecule has 0 bridgehead atoms. The molecule has 0 amide bonds. The molecule has 0 unspecified atom stereocenters. The van der Waals surface area contributed by atoms with Gasteiger partial charge in [-0.1, -0.05) is 0 Å². The van der Waals surface area contributed by atoms with Crippen LogP contribution in [0.4, 0.5) is 5.82 Å². The van der Waals surface area contributed by atoms with E-state index in [2.05, 4.69) is 15.0 Å². The van der Waals surface area contributed by atoms with Crippen LogP contribution in [0, 0.1) is 0 Å². The van der Waals surface area contributed by atoms with E-state index in [1.165, 1.54) is 0 Å². The molecule has 0 saturated carbocycles. The van der Waals surface area contributed by atoms with Gasteiger partial charge in [-0.05, 0) is 12.1 Å². The van der Waals surface area contributed by atoms with Gasteiger partial charge in [-0.15, -0.1) is 0 Å². The third-order valence-corrected chi connectivity index (χ3v) is 1.55. The first-order valence-electron chi connectivity index (χ1n) is 3.57. The van der Waals surface area contributed by atoms with Crippen molar-refractivity contribution in [3.8, 4) is 11.4 Å². The molecule has 0 aromatic carbocycles. The maximum absolute atomic E-state index is 5.51. The minimum atomic E-state index is 0.504. The number of nitrogens with zero attached hydrogens (tertiary/aromatic N) is 2. The lowest BCUT2D eigenvalue weighted by Crippen LogP contribution is -1.89. The predicted octanol–water partition coefficient (Wildman–Crippen LogP) is 1.05. The van der Waals surface area contributed by atoms with E-state index in [9.17, 15) is 0 Å². The van der Waals surface area contributed by atoms with Crippen LogP contribution in [-0.2, 0) is 0 Å². The van der Waals surface area contributed by atoms with E-state index < -0.39 is 0 Å². The Morgan fingerprint density at radius 2 is 2.17 bits per heavy atom. The predicted molar refractivity (Wildman–Crippen MR) is 46.2 cm³/mol. The molecule has 0 spiro atoms. The van der Waals surface area contributed by atoms with Gasteiger partial charge in [0.15, 0.2) is 0 Å². The summed E-state index contributed by atoms with van der Waals surface area (Å²) in [6.07, 6.45) is 5.13. The first-order chi connectivity index (χ1) is 5.86. The van der Waals surface area contributed by atoms with Crippen LogP contribution in [0.5, 0.6) is 0 Å². The van der Waals surface area contributed by atoms with Crippen LogP contribution in [0.15, 0.2) is 30.7 Å². The SMILES string of the molecule is Nc1cc(-c2ncc[nH]2)ccn1. The van der Waals surface area contributed by atoms with E-state index in [1.54, 1.807) is 24.7 Å². The summed E-state index contributed by atoms with van der Waals surface area (Å²) in [6.45, 7) is 0. The molecule has 3 N–H and O–H groups in total. The number of H-pyrrole nitrogens is 1. The van der Waals surface area contributed by atoms with Crippen molar-refractivity contribution in [3.63, 3.8) is 0 Å². The lowest BCUT2D eigenvalue weighted by atomic mass is 10.2. The Kier molecular flexibility index (Phi) is 1.51. The number of hydrogen-bond donors (Lipinski definition) is 2. The minimum Gasteiger partial charge on any atom is -0.384 e. The number of imidazole rings is 1. The number of rotatable bonds is 1. The van der Waals surface area contributed by atoms with Gasteiger partial charge in [0.05, 0.1) is 0 Å². The average molecular weight is 160 g/mol. The molecule has 0 radical (unpaired) electrons. The molecule has 2 aromatic heterocycles. The smallest absolute Gasteiger partial charge is 0.137 e. The molecule has 0 aliphatic heterocycles. The second-order valence-corrected chi connectivity index (χ2v) is 2.41. The number of nitrogens with one attached hydrogen (secondary N) is 1. The summed E-state index contributed by atoms with van der Waals surface area (Å²) in [6, 6.07) is 3.63. The van der Waals surface area contributed by atoms with Gasteiger partial charge in [0.2, 0.25) is 0 Å². The maximum Gasteiger partial charge on any atom is 0.137 e. The summed E-state index contributed by atoms with van der Waals surface area (Å²) >= 11 is 0. The third-order valence-electron chi connectivity index (χ3n) is 1.55. The van der Waals surface area contributed by atoms with Crippen LogP contribution in [0.25, 0.3) is 11.4 Å². The number of nitrogens with two attached hydrogens (primary N) is 1. The van der Waals surface area contributed by atoms with Gasteiger partial charge in [0.25, 0.3) is 0 Å². The molecule has 2 rings (SSSR count). The van der Waals surface area contributed by atoms with Gasteiger partial charge in [-0.2, -0.15) is 0 Å². The summed E-state index contributed by atoms with van der Waals surface area (Å²) in [5.74, 6) is 1.31. The standard InChI is InChI=1S/C8H8N4/c9-7-5-6(1-2-10-7)8-11-3-4-12-8/h1-5H,(H2,9,10)(H,11,12). The number of anilines is 1. The minimum absolute atomic E-state index is 0.504. The average Bonchev–Trinajstić information content (AvgIpc) is 2.56.